The molecular weight excluding hydrogens is 382 g/mol. The number of hydrogen-bond donors (Lipinski definition) is 2. The van der Waals surface area contributed by atoms with E-state index in [2.05, 4.69) is 36.7 Å². The Morgan fingerprint density at radius 2 is 1.84 bits per heavy atom. The first-order chi connectivity index (χ1) is 14.9. The molecule has 4 aliphatic carbocycles. The second-order valence-corrected chi connectivity index (χ2v) is 11.1. The van der Waals surface area contributed by atoms with E-state index in [1.54, 1.807) is 11.3 Å². The van der Waals surface area contributed by atoms with Gasteiger partial charge in [0.05, 0.1) is 5.60 Å². The van der Waals surface area contributed by atoms with Crippen LogP contribution in [0.1, 0.15) is 91.4 Å². The standard InChI is InChI=1S/C28H41NO2/c1-4-14-28(31)15-13-24-23-11-9-20-18-21(29-16-7-8-17-29)10-12-22(20)25(23)27(30,6-3)19-26(24,28)5-2/h18,23-25,30-31H,5-13,15-17,19H2,1-3H3/t23?,24?,25?,26-,27?,28-/m0/s1. The highest BCUT2D eigenvalue weighted by Crippen LogP contribution is 2.68. The average Bonchev–Trinajstić information content (AvgIpc) is 3.41. The Balaban J connectivity index is 1.55. The molecular formula is C28H41NO2. The maximum atomic E-state index is 12.2. The third-order valence-electron chi connectivity index (χ3n) is 10.1. The summed E-state index contributed by atoms with van der Waals surface area (Å²) in [6.07, 6.45) is 13.9. The smallest absolute Gasteiger partial charge is 0.131 e. The van der Waals surface area contributed by atoms with E-state index < -0.39 is 11.2 Å². The zero-order chi connectivity index (χ0) is 21.9. The molecule has 1 saturated heterocycles. The van der Waals surface area contributed by atoms with Gasteiger partial charge in [-0.2, -0.15) is 0 Å². The Kier molecular flexibility index (Phi) is 5.34. The summed E-state index contributed by atoms with van der Waals surface area (Å²) < 4.78 is 0. The number of rotatable bonds is 3. The topological polar surface area (TPSA) is 43.7 Å². The van der Waals surface area contributed by atoms with Crippen molar-refractivity contribution in [3.63, 3.8) is 0 Å². The molecule has 0 bridgehead atoms. The quantitative estimate of drug-likeness (QED) is 0.614. The monoisotopic (exact) mass is 423 g/mol. The van der Waals surface area contributed by atoms with Crippen LogP contribution in [0.3, 0.4) is 0 Å². The highest BCUT2D eigenvalue weighted by Gasteiger charge is 2.68. The SMILES string of the molecule is CC#C[C@]1(O)CCC2C3CCC4=C(CCC(N5CCCC5)=C4)C3C(O)(CC)C[C@@]21CC. The molecule has 2 N–H and O–H groups in total. The molecule has 1 heterocycles. The molecule has 0 aromatic heterocycles. The van der Waals surface area contributed by atoms with Crippen molar-refractivity contribution in [1.29, 1.82) is 0 Å². The van der Waals surface area contributed by atoms with Gasteiger partial charge in [-0.05, 0) is 101 Å². The van der Waals surface area contributed by atoms with Crippen LogP contribution in [-0.4, -0.2) is 39.4 Å². The van der Waals surface area contributed by atoms with Crippen LogP contribution in [-0.2, 0) is 0 Å². The average molecular weight is 424 g/mol. The summed E-state index contributed by atoms with van der Waals surface area (Å²) in [6, 6.07) is 0. The molecule has 3 fully saturated rings. The highest BCUT2D eigenvalue weighted by molar-refractivity contribution is 5.40. The van der Waals surface area contributed by atoms with Gasteiger partial charge in [0.15, 0.2) is 0 Å². The van der Waals surface area contributed by atoms with Gasteiger partial charge in [-0.15, -0.1) is 5.92 Å². The normalized spacial score (nSPS) is 44.2. The van der Waals surface area contributed by atoms with Gasteiger partial charge in [0, 0.05) is 30.1 Å². The summed E-state index contributed by atoms with van der Waals surface area (Å²) in [5.74, 6) is 7.48. The highest BCUT2D eigenvalue weighted by atomic mass is 16.3. The Morgan fingerprint density at radius 1 is 1.06 bits per heavy atom. The summed E-state index contributed by atoms with van der Waals surface area (Å²) in [7, 11) is 0. The van der Waals surface area contributed by atoms with Gasteiger partial charge in [-0.3, -0.25) is 0 Å². The number of aliphatic hydroxyl groups is 2. The van der Waals surface area contributed by atoms with Crippen molar-refractivity contribution in [2.24, 2.45) is 23.2 Å². The van der Waals surface area contributed by atoms with Gasteiger partial charge in [0.25, 0.3) is 0 Å². The lowest BCUT2D eigenvalue weighted by atomic mass is 9.46. The Labute approximate surface area is 189 Å². The Hall–Kier alpha value is -1.24. The van der Waals surface area contributed by atoms with E-state index in [1.165, 1.54) is 31.5 Å². The minimum atomic E-state index is -0.945. The van der Waals surface area contributed by atoms with E-state index in [-0.39, 0.29) is 11.3 Å². The molecule has 6 atom stereocenters. The number of nitrogens with zero attached hydrogens (tertiary/aromatic N) is 1. The molecule has 31 heavy (non-hydrogen) atoms. The van der Waals surface area contributed by atoms with E-state index >= 15 is 0 Å². The van der Waals surface area contributed by atoms with Crippen molar-refractivity contribution in [2.45, 2.75) is 103 Å². The zero-order valence-electron chi connectivity index (χ0n) is 19.8. The Morgan fingerprint density at radius 3 is 2.52 bits per heavy atom. The Bertz CT molecular complexity index is 856. The van der Waals surface area contributed by atoms with Crippen LogP contribution in [0, 0.1) is 35.0 Å². The second-order valence-electron chi connectivity index (χ2n) is 11.1. The summed E-state index contributed by atoms with van der Waals surface area (Å²) in [4.78, 5) is 2.60. The van der Waals surface area contributed by atoms with E-state index in [4.69, 9.17) is 0 Å². The van der Waals surface area contributed by atoms with Crippen molar-refractivity contribution in [3.8, 4) is 11.8 Å². The summed E-state index contributed by atoms with van der Waals surface area (Å²) in [6.45, 7) is 8.66. The first-order valence-corrected chi connectivity index (χ1v) is 13.0. The number of likely N-dealkylation sites (tertiary alicyclic amines) is 1. The van der Waals surface area contributed by atoms with Crippen LogP contribution in [0.5, 0.6) is 0 Å². The van der Waals surface area contributed by atoms with Crippen molar-refractivity contribution in [3.05, 3.63) is 22.9 Å². The lowest BCUT2D eigenvalue weighted by Gasteiger charge is -2.60. The first kappa shape index (κ1) is 21.6. The fourth-order valence-corrected chi connectivity index (χ4v) is 8.71. The fourth-order valence-electron chi connectivity index (χ4n) is 8.71. The predicted molar refractivity (Wildman–Crippen MR) is 125 cm³/mol. The maximum absolute atomic E-state index is 12.2. The minimum Gasteiger partial charge on any atom is -0.389 e. The van der Waals surface area contributed by atoms with Crippen LogP contribution in [0.2, 0.25) is 0 Å². The molecule has 5 aliphatic rings. The van der Waals surface area contributed by atoms with Gasteiger partial charge in [0.2, 0.25) is 0 Å². The number of allylic oxidation sites excluding steroid dienone is 3. The molecule has 0 spiro atoms. The summed E-state index contributed by atoms with van der Waals surface area (Å²) in [5, 5.41) is 23.9. The van der Waals surface area contributed by atoms with Crippen LogP contribution >= 0.6 is 0 Å². The van der Waals surface area contributed by atoms with Gasteiger partial charge in [-0.25, -0.2) is 0 Å². The predicted octanol–water partition coefficient (Wildman–Crippen LogP) is 5.19. The van der Waals surface area contributed by atoms with Gasteiger partial charge in [-0.1, -0.05) is 25.3 Å². The molecule has 5 rings (SSSR count). The molecule has 0 aromatic carbocycles. The molecule has 1 aliphatic heterocycles. The van der Waals surface area contributed by atoms with E-state index in [1.807, 2.05) is 6.92 Å². The van der Waals surface area contributed by atoms with Crippen LogP contribution in [0.25, 0.3) is 0 Å². The maximum Gasteiger partial charge on any atom is 0.131 e. The molecule has 3 nitrogen and oxygen atoms in total. The van der Waals surface area contributed by atoms with E-state index in [0.29, 0.717) is 18.3 Å². The van der Waals surface area contributed by atoms with Gasteiger partial charge >= 0.3 is 0 Å². The van der Waals surface area contributed by atoms with Crippen molar-refractivity contribution in [2.75, 3.05) is 13.1 Å². The number of fused-ring (bicyclic) bond motifs is 4. The fraction of sp³-hybridized carbons (Fsp3) is 0.786. The van der Waals surface area contributed by atoms with Crippen molar-refractivity contribution >= 4 is 0 Å². The molecule has 0 radical (unpaired) electrons. The minimum absolute atomic E-state index is 0.263. The zero-order valence-corrected chi connectivity index (χ0v) is 19.8. The van der Waals surface area contributed by atoms with Gasteiger partial charge < -0.3 is 15.1 Å². The van der Waals surface area contributed by atoms with Gasteiger partial charge in [0.1, 0.15) is 5.60 Å². The summed E-state index contributed by atoms with van der Waals surface area (Å²) in [5.41, 5.74) is 2.69. The van der Waals surface area contributed by atoms with E-state index in [0.717, 1.165) is 51.4 Å². The van der Waals surface area contributed by atoms with E-state index in [9.17, 15) is 10.2 Å². The molecule has 4 unspecified atom stereocenters. The lowest BCUT2D eigenvalue weighted by molar-refractivity contribution is -0.178. The number of hydrogen-bond acceptors (Lipinski definition) is 3. The first-order valence-electron chi connectivity index (χ1n) is 13.0. The third-order valence-corrected chi connectivity index (χ3v) is 10.1. The van der Waals surface area contributed by atoms with Crippen LogP contribution in [0.4, 0.5) is 0 Å². The van der Waals surface area contributed by atoms with Crippen LogP contribution in [0.15, 0.2) is 22.9 Å². The molecule has 3 heteroatoms. The molecule has 2 saturated carbocycles. The van der Waals surface area contributed by atoms with Crippen molar-refractivity contribution < 1.29 is 10.2 Å². The molecule has 170 valence electrons. The third kappa shape index (κ3) is 3.01. The van der Waals surface area contributed by atoms with Crippen LogP contribution < -0.4 is 0 Å². The second kappa shape index (κ2) is 7.67. The largest absolute Gasteiger partial charge is 0.389 e. The van der Waals surface area contributed by atoms with Crippen molar-refractivity contribution in [1.82, 2.24) is 4.90 Å². The molecule has 0 aromatic rings. The summed E-state index contributed by atoms with van der Waals surface area (Å²) >= 11 is 0. The molecule has 0 amide bonds. The lowest BCUT2D eigenvalue weighted by Crippen LogP contribution is -2.61.